The molecule has 3 rings (SSSR count). The largest absolute Gasteiger partial charge is 0.477 e. The Balaban J connectivity index is 1.74. The molecule has 4 N–H and O–H groups in total. The van der Waals surface area contributed by atoms with Gasteiger partial charge in [0.15, 0.2) is 0 Å². The Kier molecular flexibility index (Phi) is 5.72. The van der Waals surface area contributed by atoms with E-state index in [1.54, 1.807) is 37.3 Å². The lowest BCUT2D eigenvalue weighted by Gasteiger charge is -2.11. The number of nitrogens with zero attached hydrogens (tertiary/aromatic N) is 2. The number of carbonyl (C=O) groups excluding carboxylic acids is 1. The van der Waals surface area contributed by atoms with Gasteiger partial charge in [-0.2, -0.15) is 10.2 Å². The van der Waals surface area contributed by atoms with E-state index in [9.17, 15) is 10.1 Å². The molecule has 7 nitrogen and oxygen atoms in total. The summed E-state index contributed by atoms with van der Waals surface area (Å²) in [6, 6.07) is 19.7. The molecule has 140 valence electrons. The summed E-state index contributed by atoms with van der Waals surface area (Å²) in [6.45, 7) is 2.17. The maximum Gasteiger partial charge on any atom is 0.255 e. The number of nitrogen functional groups attached to an aromatic ring is 1. The van der Waals surface area contributed by atoms with Gasteiger partial charge in [-0.05, 0) is 43.3 Å². The lowest BCUT2D eigenvalue weighted by molar-refractivity contribution is 0.102. The van der Waals surface area contributed by atoms with Gasteiger partial charge in [-0.15, -0.1) is 0 Å². The predicted molar refractivity (Wildman–Crippen MR) is 109 cm³/mol. The summed E-state index contributed by atoms with van der Waals surface area (Å²) in [4.78, 5) is 16.6. The number of nitrogens with two attached hydrogens (primary N) is 1. The van der Waals surface area contributed by atoms with Crippen molar-refractivity contribution in [1.29, 1.82) is 5.26 Å². The van der Waals surface area contributed by atoms with Crippen molar-refractivity contribution in [2.75, 3.05) is 23.0 Å². The van der Waals surface area contributed by atoms with E-state index in [1.165, 1.54) is 0 Å². The second kappa shape index (κ2) is 8.56. The minimum absolute atomic E-state index is 0.186. The number of ether oxygens (including phenoxy) is 1. The van der Waals surface area contributed by atoms with Crippen LogP contribution in [0.3, 0.4) is 0 Å². The quantitative estimate of drug-likeness (QED) is 0.603. The summed E-state index contributed by atoms with van der Waals surface area (Å²) in [5, 5.41) is 15.1. The van der Waals surface area contributed by atoms with Crippen LogP contribution in [0.1, 0.15) is 22.8 Å². The van der Waals surface area contributed by atoms with Gasteiger partial charge in [-0.25, -0.2) is 0 Å². The van der Waals surface area contributed by atoms with Gasteiger partial charge in [0.25, 0.3) is 5.91 Å². The summed E-state index contributed by atoms with van der Waals surface area (Å²) in [5.41, 5.74) is 8.38. The van der Waals surface area contributed by atoms with Crippen molar-refractivity contribution in [2.45, 2.75) is 6.92 Å². The highest BCUT2D eigenvalue weighted by atomic mass is 16.5. The van der Waals surface area contributed by atoms with E-state index >= 15 is 0 Å². The zero-order chi connectivity index (χ0) is 19.9. The van der Waals surface area contributed by atoms with Crippen molar-refractivity contribution in [2.24, 2.45) is 0 Å². The number of hydrogen-bond acceptors (Lipinski definition) is 6. The fourth-order valence-electron chi connectivity index (χ4n) is 2.54. The van der Waals surface area contributed by atoms with Crippen LogP contribution in [0.2, 0.25) is 0 Å². The number of amides is 1. The SMILES string of the molecule is CCOc1nc(Nc2ccc(C(=O)Nc3ccccc3)cc2)cc(N)c1C#N. The first-order chi connectivity index (χ1) is 13.6. The van der Waals surface area contributed by atoms with Crippen molar-refractivity contribution < 1.29 is 9.53 Å². The van der Waals surface area contributed by atoms with E-state index in [2.05, 4.69) is 15.6 Å². The van der Waals surface area contributed by atoms with E-state index in [4.69, 9.17) is 10.5 Å². The minimum Gasteiger partial charge on any atom is -0.477 e. The number of pyridine rings is 1. The Morgan fingerprint density at radius 3 is 2.50 bits per heavy atom. The Labute approximate surface area is 162 Å². The van der Waals surface area contributed by atoms with Gasteiger partial charge in [-0.1, -0.05) is 18.2 Å². The summed E-state index contributed by atoms with van der Waals surface area (Å²) >= 11 is 0. The Morgan fingerprint density at radius 1 is 1.14 bits per heavy atom. The van der Waals surface area contributed by atoms with Crippen LogP contribution in [-0.4, -0.2) is 17.5 Å². The Morgan fingerprint density at radius 2 is 1.86 bits per heavy atom. The first kappa shape index (κ1) is 18.7. The Hall–Kier alpha value is -4.05. The van der Waals surface area contributed by atoms with Gasteiger partial charge >= 0.3 is 0 Å². The van der Waals surface area contributed by atoms with Crippen LogP contribution in [0.25, 0.3) is 0 Å². The molecular weight excluding hydrogens is 354 g/mol. The zero-order valence-electron chi connectivity index (χ0n) is 15.3. The molecule has 0 unspecified atom stereocenters. The molecule has 1 aromatic heterocycles. The van der Waals surface area contributed by atoms with Crippen molar-refractivity contribution >= 4 is 28.8 Å². The topological polar surface area (TPSA) is 113 Å². The molecule has 0 spiro atoms. The molecule has 0 radical (unpaired) electrons. The second-order valence-corrected chi connectivity index (χ2v) is 5.84. The molecule has 1 amide bonds. The maximum absolute atomic E-state index is 12.3. The molecule has 0 atom stereocenters. The van der Waals surface area contributed by atoms with Crippen LogP contribution in [0.15, 0.2) is 60.7 Å². The van der Waals surface area contributed by atoms with Crippen LogP contribution in [-0.2, 0) is 0 Å². The molecule has 0 aliphatic heterocycles. The maximum atomic E-state index is 12.3. The summed E-state index contributed by atoms with van der Waals surface area (Å²) in [7, 11) is 0. The number of aromatic nitrogens is 1. The number of carbonyl (C=O) groups is 1. The van der Waals surface area contributed by atoms with Crippen molar-refractivity contribution in [3.05, 3.63) is 71.8 Å². The zero-order valence-corrected chi connectivity index (χ0v) is 15.3. The number of nitriles is 1. The van der Waals surface area contributed by atoms with Crippen molar-refractivity contribution in [3.63, 3.8) is 0 Å². The van der Waals surface area contributed by atoms with Crippen LogP contribution >= 0.6 is 0 Å². The molecule has 0 fully saturated rings. The van der Waals surface area contributed by atoms with Gasteiger partial charge in [0.05, 0.1) is 12.3 Å². The number of para-hydroxylation sites is 1. The normalized spacial score (nSPS) is 10.0. The molecule has 0 bridgehead atoms. The smallest absolute Gasteiger partial charge is 0.255 e. The van der Waals surface area contributed by atoms with Gasteiger partial charge in [0.1, 0.15) is 17.5 Å². The van der Waals surface area contributed by atoms with Gasteiger partial charge in [-0.3, -0.25) is 4.79 Å². The van der Waals surface area contributed by atoms with E-state index in [0.29, 0.717) is 18.0 Å². The number of anilines is 4. The predicted octanol–water partition coefficient (Wildman–Crippen LogP) is 3.93. The van der Waals surface area contributed by atoms with E-state index in [0.717, 1.165) is 11.4 Å². The molecule has 1 heterocycles. The third-order valence-corrected chi connectivity index (χ3v) is 3.86. The lowest BCUT2D eigenvalue weighted by atomic mass is 10.2. The highest BCUT2D eigenvalue weighted by Crippen LogP contribution is 2.27. The number of benzene rings is 2. The third-order valence-electron chi connectivity index (χ3n) is 3.86. The first-order valence-corrected chi connectivity index (χ1v) is 8.67. The number of hydrogen-bond donors (Lipinski definition) is 3. The lowest BCUT2D eigenvalue weighted by Crippen LogP contribution is -2.11. The molecular formula is C21H19N5O2. The monoisotopic (exact) mass is 373 g/mol. The van der Waals surface area contributed by atoms with Crippen molar-refractivity contribution in [1.82, 2.24) is 4.98 Å². The van der Waals surface area contributed by atoms with E-state index < -0.39 is 0 Å². The van der Waals surface area contributed by atoms with Gasteiger partial charge in [0, 0.05) is 23.0 Å². The van der Waals surface area contributed by atoms with Crippen LogP contribution in [0.4, 0.5) is 22.9 Å². The number of nitrogens with one attached hydrogen (secondary N) is 2. The van der Waals surface area contributed by atoms with Crippen LogP contribution < -0.4 is 21.1 Å². The number of rotatable bonds is 6. The first-order valence-electron chi connectivity index (χ1n) is 8.67. The summed E-state index contributed by atoms with van der Waals surface area (Å²) < 4.78 is 5.39. The average molecular weight is 373 g/mol. The fraction of sp³-hybridized carbons (Fsp3) is 0.0952. The van der Waals surface area contributed by atoms with Crippen molar-refractivity contribution in [3.8, 4) is 11.9 Å². The Bertz CT molecular complexity index is 1010. The average Bonchev–Trinajstić information content (AvgIpc) is 2.69. The third kappa shape index (κ3) is 4.37. The van der Waals surface area contributed by atoms with Gasteiger partial charge in [0.2, 0.25) is 5.88 Å². The molecule has 28 heavy (non-hydrogen) atoms. The standard InChI is InChI=1S/C21H19N5O2/c1-2-28-21-17(13-22)18(23)12-19(26-21)24-16-10-8-14(9-11-16)20(27)25-15-6-4-3-5-7-15/h3-12H,2H2,1H3,(H,25,27)(H3,23,24,26). The second-order valence-electron chi connectivity index (χ2n) is 5.84. The highest BCUT2D eigenvalue weighted by molar-refractivity contribution is 6.04. The van der Waals surface area contributed by atoms with Crippen LogP contribution in [0, 0.1) is 11.3 Å². The fourth-order valence-corrected chi connectivity index (χ4v) is 2.54. The molecule has 7 heteroatoms. The van der Waals surface area contributed by atoms with E-state index in [-0.39, 0.29) is 23.0 Å². The molecule has 0 aliphatic rings. The molecule has 3 aromatic rings. The van der Waals surface area contributed by atoms with Crippen LogP contribution in [0.5, 0.6) is 5.88 Å². The summed E-state index contributed by atoms with van der Waals surface area (Å²) in [5.74, 6) is 0.435. The molecule has 0 saturated heterocycles. The highest BCUT2D eigenvalue weighted by Gasteiger charge is 2.12. The molecule has 0 saturated carbocycles. The minimum atomic E-state index is -0.197. The van der Waals surface area contributed by atoms with Gasteiger partial charge < -0.3 is 21.1 Å². The molecule has 2 aromatic carbocycles. The summed E-state index contributed by atoms with van der Waals surface area (Å²) in [6.07, 6.45) is 0. The molecule has 0 aliphatic carbocycles. The van der Waals surface area contributed by atoms with E-state index in [1.807, 2.05) is 36.4 Å².